The van der Waals surface area contributed by atoms with Gasteiger partial charge in [-0.15, -0.1) is 0 Å². The number of hydrogen-bond acceptors (Lipinski definition) is 3. The van der Waals surface area contributed by atoms with Gasteiger partial charge in [-0.1, -0.05) is 0 Å². The first-order valence-corrected chi connectivity index (χ1v) is 5.88. The molecule has 0 aliphatic carbocycles. The van der Waals surface area contributed by atoms with Gasteiger partial charge >= 0.3 is 6.18 Å². The Bertz CT molecular complexity index is 445. The summed E-state index contributed by atoms with van der Waals surface area (Å²) in [6.07, 6.45) is 0.556. The smallest absolute Gasteiger partial charge is 0.362 e. The molecule has 0 saturated heterocycles. The summed E-state index contributed by atoms with van der Waals surface area (Å²) in [4.78, 5) is 15.6. The number of aromatic nitrogens is 2. The van der Waals surface area contributed by atoms with E-state index in [4.69, 9.17) is 0 Å². The number of ether oxygens (including phenoxy) is 1. The Balaban J connectivity index is 1.72. The van der Waals surface area contributed by atoms with Gasteiger partial charge in [-0.3, -0.25) is 4.79 Å². The molecule has 0 bridgehead atoms. The fraction of sp³-hybridized carbons (Fsp3) is 0.636. The minimum atomic E-state index is -4.41. The molecule has 8 heteroatoms. The second kappa shape index (κ2) is 5.60. The lowest BCUT2D eigenvalue weighted by Crippen LogP contribution is -2.42. The Morgan fingerprint density at radius 3 is 3.11 bits per heavy atom. The second-order valence-corrected chi connectivity index (χ2v) is 4.41. The maximum absolute atomic E-state index is 11.8. The van der Waals surface area contributed by atoms with Gasteiger partial charge < -0.3 is 14.6 Å². The van der Waals surface area contributed by atoms with Crippen molar-refractivity contribution >= 4 is 5.91 Å². The first-order chi connectivity index (χ1) is 8.94. The van der Waals surface area contributed by atoms with E-state index in [0.717, 1.165) is 18.7 Å². The summed E-state index contributed by atoms with van der Waals surface area (Å²) in [5, 5.41) is 2.66. The van der Waals surface area contributed by atoms with Crippen LogP contribution in [0.2, 0.25) is 0 Å². The third kappa shape index (κ3) is 4.23. The van der Waals surface area contributed by atoms with Crippen molar-refractivity contribution in [2.75, 3.05) is 13.2 Å². The summed E-state index contributed by atoms with van der Waals surface area (Å²) in [5.74, 6) is 0.427. The second-order valence-electron chi connectivity index (χ2n) is 4.41. The predicted octanol–water partition coefficient (Wildman–Crippen LogP) is 0.893. The third-order valence-corrected chi connectivity index (χ3v) is 2.80. The number of nitrogens with zero attached hydrogens (tertiary/aromatic N) is 2. The normalized spacial score (nSPS) is 19.0. The molecule has 1 aliphatic rings. The number of carbonyl (C=O) groups is 1. The number of amides is 1. The highest BCUT2D eigenvalue weighted by Gasteiger charge is 2.28. The van der Waals surface area contributed by atoms with Crippen molar-refractivity contribution in [3.8, 4) is 0 Å². The number of fused-ring (bicyclic) bond motifs is 1. The van der Waals surface area contributed by atoms with E-state index in [-0.39, 0.29) is 6.04 Å². The minimum Gasteiger partial charge on any atom is -0.362 e. The predicted molar refractivity (Wildman–Crippen MR) is 59.4 cm³/mol. The molecular weight excluding hydrogens is 263 g/mol. The Hall–Kier alpha value is -1.57. The lowest BCUT2D eigenvalue weighted by molar-refractivity contribution is -0.175. The SMILES string of the molecule is O=C(COCC(F)(F)F)N[C@@H]1CCc2nccn2C1. The topological polar surface area (TPSA) is 56.1 Å². The third-order valence-electron chi connectivity index (χ3n) is 2.80. The Kier molecular flexibility index (Phi) is 4.08. The quantitative estimate of drug-likeness (QED) is 0.889. The molecule has 1 aromatic heterocycles. The molecule has 0 saturated carbocycles. The van der Waals surface area contributed by atoms with Crippen LogP contribution in [0.5, 0.6) is 0 Å². The van der Waals surface area contributed by atoms with Crippen LogP contribution < -0.4 is 5.32 Å². The Morgan fingerprint density at radius 2 is 2.37 bits per heavy atom. The molecule has 1 atom stereocenters. The molecule has 1 aliphatic heterocycles. The lowest BCUT2D eigenvalue weighted by Gasteiger charge is -2.24. The van der Waals surface area contributed by atoms with Crippen LogP contribution in [0.15, 0.2) is 12.4 Å². The summed E-state index contributed by atoms with van der Waals surface area (Å²) >= 11 is 0. The fourth-order valence-electron chi connectivity index (χ4n) is 2.01. The van der Waals surface area contributed by atoms with Gasteiger partial charge in [0.05, 0.1) is 0 Å². The van der Waals surface area contributed by atoms with E-state index in [0.29, 0.717) is 6.54 Å². The van der Waals surface area contributed by atoms with E-state index in [1.807, 2.05) is 10.8 Å². The van der Waals surface area contributed by atoms with Gasteiger partial charge in [-0.25, -0.2) is 4.98 Å². The number of rotatable bonds is 4. The van der Waals surface area contributed by atoms with Gasteiger partial charge in [-0.05, 0) is 6.42 Å². The van der Waals surface area contributed by atoms with Crippen molar-refractivity contribution in [3.05, 3.63) is 18.2 Å². The first-order valence-electron chi connectivity index (χ1n) is 5.88. The molecule has 1 N–H and O–H groups in total. The molecule has 1 aromatic rings. The van der Waals surface area contributed by atoms with Crippen LogP contribution in [0.4, 0.5) is 13.2 Å². The number of aryl methyl sites for hydroxylation is 1. The van der Waals surface area contributed by atoms with Gasteiger partial charge in [0.1, 0.15) is 19.0 Å². The van der Waals surface area contributed by atoms with Crippen LogP contribution in [0.3, 0.4) is 0 Å². The van der Waals surface area contributed by atoms with Crippen molar-refractivity contribution in [1.29, 1.82) is 0 Å². The highest BCUT2D eigenvalue weighted by atomic mass is 19.4. The van der Waals surface area contributed by atoms with E-state index in [2.05, 4.69) is 15.0 Å². The van der Waals surface area contributed by atoms with E-state index < -0.39 is 25.3 Å². The minimum absolute atomic E-state index is 0.0938. The zero-order valence-corrected chi connectivity index (χ0v) is 10.1. The summed E-state index contributed by atoms with van der Waals surface area (Å²) < 4.78 is 41.7. The average Bonchev–Trinajstić information content (AvgIpc) is 2.74. The van der Waals surface area contributed by atoms with E-state index >= 15 is 0 Å². The number of nitrogens with one attached hydrogen (secondary N) is 1. The fourth-order valence-corrected chi connectivity index (χ4v) is 2.01. The van der Waals surface area contributed by atoms with Crippen LogP contribution >= 0.6 is 0 Å². The summed E-state index contributed by atoms with van der Waals surface area (Å²) in [5.41, 5.74) is 0. The number of carbonyl (C=O) groups excluding carboxylic acids is 1. The summed E-state index contributed by atoms with van der Waals surface area (Å²) in [7, 11) is 0. The maximum Gasteiger partial charge on any atom is 0.411 e. The molecule has 0 aromatic carbocycles. The molecule has 2 heterocycles. The standard InChI is InChI=1S/C11H14F3N3O2/c12-11(13,14)7-19-6-10(18)16-8-1-2-9-15-3-4-17(9)5-8/h3-4,8H,1-2,5-7H2,(H,16,18)/t8-/m1/s1. The number of hydrogen-bond donors (Lipinski definition) is 1. The van der Waals surface area contributed by atoms with Gasteiger partial charge in [0, 0.05) is 31.4 Å². The molecule has 1 amide bonds. The summed E-state index contributed by atoms with van der Waals surface area (Å²) in [6.45, 7) is -1.40. The number of halogens is 3. The summed E-state index contributed by atoms with van der Waals surface area (Å²) in [6, 6.07) is -0.0938. The largest absolute Gasteiger partial charge is 0.411 e. The van der Waals surface area contributed by atoms with Crippen molar-refractivity contribution in [3.63, 3.8) is 0 Å². The van der Waals surface area contributed by atoms with Crippen molar-refractivity contribution in [1.82, 2.24) is 14.9 Å². The average molecular weight is 277 g/mol. The molecule has 19 heavy (non-hydrogen) atoms. The van der Waals surface area contributed by atoms with E-state index in [9.17, 15) is 18.0 Å². The monoisotopic (exact) mass is 277 g/mol. The highest BCUT2D eigenvalue weighted by molar-refractivity contribution is 5.77. The number of alkyl halides is 3. The van der Waals surface area contributed by atoms with Crippen LogP contribution in [-0.4, -0.2) is 40.9 Å². The Labute approximate surface area is 107 Å². The maximum atomic E-state index is 11.8. The van der Waals surface area contributed by atoms with Crippen LogP contribution in [-0.2, 0) is 22.5 Å². The van der Waals surface area contributed by atoms with Gasteiger partial charge in [0.15, 0.2) is 0 Å². The lowest BCUT2D eigenvalue weighted by atomic mass is 10.1. The van der Waals surface area contributed by atoms with E-state index in [1.165, 1.54) is 0 Å². The van der Waals surface area contributed by atoms with Crippen molar-refractivity contribution in [2.24, 2.45) is 0 Å². The molecular formula is C11H14F3N3O2. The Morgan fingerprint density at radius 1 is 1.58 bits per heavy atom. The highest BCUT2D eigenvalue weighted by Crippen LogP contribution is 2.15. The van der Waals surface area contributed by atoms with Gasteiger partial charge in [0.25, 0.3) is 0 Å². The molecule has 5 nitrogen and oxygen atoms in total. The zero-order chi connectivity index (χ0) is 13.9. The molecule has 106 valence electrons. The van der Waals surface area contributed by atoms with E-state index in [1.54, 1.807) is 6.20 Å². The van der Waals surface area contributed by atoms with Gasteiger partial charge in [0.2, 0.25) is 5.91 Å². The molecule has 2 rings (SSSR count). The van der Waals surface area contributed by atoms with Crippen molar-refractivity contribution in [2.45, 2.75) is 31.6 Å². The molecule has 0 radical (unpaired) electrons. The first kappa shape index (κ1) is 13.9. The number of imidazole rings is 1. The van der Waals surface area contributed by atoms with Gasteiger partial charge in [-0.2, -0.15) is 13.2 Å². The molecule has 0 spiro atoms. The molecule has 0 unspecified atom stereocenters. The van der Waals surface area contributed by atoms with Crippen LogP contribution in [0.25, 0.3) is 0 Å². The van der Waals surface area contributed by atoms with Crippen LogP contribution in [0, 0.1) is 0 Å². The molecule has 0 fully saturated rings. The zero-order valence-electron chi connectivity index (χ0n) is 10.1. The van der Waals surface area contributed by atoms with Crippen molar-refractivity contribution < 1.29 is 22.7 Å². The van der Waals surface area contributed by atoms with Crippen LogP contribution in [0.1, 0.15) is 12.2 Å².